The Kier molecular flexibility index (Phi) is 2.15. The zero-order valence-corrected chi connectivity index (χ0v) is 10.6. The van der Waals surface area contributed by atoms with E-state index in [1.165, 1.54) is 17.5 Å². The first-order valence-corrected chi connectivity index (χ1v) is 6.20. The van der Waals surface area contributed by atoms with Gasteiger partial charge in [0.25, 0.3) is 0 Å². The molecule has 1 fully saturated rings. The van der Waals surface area contributed by atoms with E-state index < -0.39 is 0 Å². The third-order valence-corrected chi connectivity index (χ3v) is 4.26. The zero-order valence-electron chi connectivity index (χ0n) is 10.6. The Bertz CT molecular complexity index is 556. The first kappa shape index (κ1) is 10.6. The Hall–Kier alpha value is -1.57. The second-order valence-corrected chi connectivity index (χ2v) is 5.43. The molecule has 2 atom stereocenters. The fourth-order valence-corrected chi connectivity index (χ4v) is 2.75. The largest absolute Gasteiger partial charge is 0.334 e. The van der Waals surface area contributed by atoms with Crippen LogP contribution in [0.15, 0.2) is 36.7 Å². The third kappa shape index (κ3) is 1.51. The van der Waals surface area contributed by atoms with Crippen LogP contribution in [0, 0.1) is 5.92 Å². The first-order valence-electron chi connectivity index (χ1n) is 6.20. The van der Waals surface area contributed by atoms with Crippen LogP contribution >= 0.6 is 0 Å². The van der Waals surface area contributed by atoms with E-state index in [-0.39, 0.29) is 0 Å². The van der Waals surface area contributed by atoms with Crippen LogP contribution in [0.4, 0.5) is 0 Å². The van der Waals surface area contributed by atoms with Crippen molar-refractivity contribution >= 4 is 0 Å². The highest BCUT2D eigenvalue weighted by molar-refractivity contribution is 5.64. The molecule has 2 nitrogen and oxygen atoms in total. The summed E-state index contributed by atoms with van der Waals surface area (Å²) in [5.74, 6) is 1.85. The minimum atomic E-state index is 0.350. The van der Waals surface area contributed by atoms with Crippen molar-refractivity contribution in [3.8, 4) is 11.4 Å². The van der Waals surface area contributed by atoms with Gasteiger partial charge >= 0.3 is 0 Å². The molecule has 1 saturated carbocycles. The highest BCUT2D eigenvalue weighted by atomic mass is 15.0. The molecule has 0 bridgehead atoms. The summed E-state index contributed by atoms with van der Waals surface area (Å²) in [6, 6.07) is 8.68. The van der Waals surface area contributed by atoms with Crippen molar-refractivity contribution in [1.29, 1.82) is 0 Å². The standard InChI is InChI=1S/C15H18N2/c1-11-10-15(11,2)13-7-5-4-6-12(13)14-16-8-9-17(14)3/h4-9,11H,10H2,1-3H3/t11-,15?/m1/s1. The smallest absolute Gasteiger partial charge is 0.139 e. The number of rotatable bonds is 2. The third-order valence-electron chi connectivity index (χ3n) is 4.26. The zero-order chi connectivity index (χ0) is 12.0. The minimum Gasteiger partial charge on any atom is -0.334 e. The molecule has 1 aromatic carbocycles. The molecule has 2 aromatic rings. The van der Waals surface area contributed by atoms with Crippen molar-refractivity contribution < 1.29 is 0 Å². The maximum absolute atomic E-state index is 4.48. The van der Waals surface area contributed by atoms with Gasteiger partial charge in [-0.2, -0.15) is 0 Å². The maximum atomic E-state index is 4.48. The van der Waals surface area contributed by atoms with E-state index in [0.717, 1.165) is 11.7 Å². The van der Waals surface area contributed by atoms with Crippen LogP contribution in [-0.2, 0) is 12.5 Å². The van der Waals surface area contributed by atoms with Crippen LogP contribution in [0.2, 0.25) is 0 Å². The van der Waals surface area contributed by atoms with Gasteiger partial charge in [0.1, 0.15) is 5.82 Å². The van der Waals surface area contributed by atoms with E-state index in [1.807, 2.05) is 12.4 Å². The van der Waals surface area contributed by atoms with Crippen molar-refractivity contribution in [2.75, 3.05) is 0 Å². The van der Waals surface area contributed by atoms with E-state index in [9.17, 15) is 0 Å². The Labute approximate surface area is 102 Å². The van der Waals surface area contributed by atoms with E-state index in [2.05, 4.69) is 54.7 Å². The molecule has 1 aliphatic rings. The van der Waals surface area contributed by atoms with Gasteiger partial charge in [-0.25, -0.2) is 4.98 Å². The molecule has 1 aromatic heterocycles. The Balaban J connectivity index is 2.16. The summed E-state index contributed by atoms with van der Waals surface area (Å²) in [5.41, 5.74) is 3.08. The monoisotopic (exact) mass is 226 g/mol. The molecule has 88 valence electrons. The summed E-state index contributed by atoms with van der Waals surface area (Å²) in [6.45, 7) is 4.69. The highest BCUT2D eigenvalue weighted by Gasteiger charge is 2.49. The summed E-state index contributed by atoms with van der Waals surface area (Å²) >= 11 is 0. The molecule has 0 spiro atoms. The number of nitrogens with zero attached hydrogens (tertiary/aromatic N) is 2. The molecule has 0 amide bonds. The van der Waals surface area contributed by atoms with Gasteiger partial charge in [0, 0.05) is 25.0 Å². The van der Waals surface area contributed by atoms with E-state index in [1.54, 1.807) is 0 Å². The predicted octanol–water partition coefficient (Wildman–Crippen LogP) is 3.38. The molecule has 1 heterocycles. The van der Waals surface area contributed by atoms with Crippen LogP contribution in [0.1, 0.15) is 25.8 Å². The average Bonchev–Trinajstić information content (AvgIpc) is 2.74. The van der Waals surface area contributed by atoms with Crippen molar-refractivity contribution in [1.82, 2.24) is 9.55 Å². The van der Waals surface area contributed by atoms with Gasteiger partial charge in [0.15, 0.2) is 0 Å². The number of benzene rings is 1. The number of imidazole rings is 1. The van der Waals surface area contributed by atoms with Gasteiger partial charge in [0.2, 0.25) is 0 Å². The van der Waals surface area contributed by atoms with Crippen LogP contribution in [-0.4, -0.2) is 9.55 Å². The second-order valence-electron chi connectivity index (χ2n) is 5.43. The molecule has 2 heteroatoms. The van der Waals surface area contributed by atoms with Crippen LogP contribution in [0.5, 0.6) is 0 Å². The van der Waals surface area contributed by atoms with Crippen LogP contribution in [0.25, 0.3) is 11.4 Å². The molecule has 1 unspecified atom stereocenters. The lowest BCUT2D eigenvalue weighted by Crippen LogP contribution is -2.07. The maximum Gasteiger partial charge on any atom is 0.139 e. The van der Waals surface area contributed by atoms with Gasteiger partial charge in [-0.15, -0.1) is 0 Å². The molecule has 3 rings (SSSR count). The van der Waals surface area contributed by atoms with Gasteiger partial charge in [-0.05, 0) is 23.3 Å². The summed E-state index contributed by atoms with van der Waals surface area (Å²) in [7, 11) is 2.05. The molecule has 17 heavy (non-hydrogen) atoms. The molecular weight excluding hydrogens is 208 g/mol. The fourth-order valence-electron chi connectivity index (χ4n) is 2.75. The van der Waals surface area contributed by atoms with Crippen LogP contribution in [0.3, 0.4) is 0 Å². The number of hydrogen-bond acceptors (Lipinski definition) is 1. The Morgan fingerprint density at radius 2 is 2.06 bits per heavy atom. The van der Waals surface area contributed by atoms with Crippen LogP contribution < -0.4 is 0 Å². The lowest BCUT2D eigenvalue weighted by molar-refractivity contribution is 0.702. The first-order chi connectivity index (χ1) is 8.13. The van der Waals surface area contributed by atoms with Gasteiger partial charge < -0.3 is 4.57 Å². The molecule has 0 N–H and O–H groups in total. The minimum absolute atomic E-state index is 0.350. The normalized spacial score (nSPS) is 27.1. The molecule has 1 aliphatic carbocycles. The average molecular weight is 226 g/mol. The van der Waals surface area contributed by atoms with Gasteiger partial charge in [0.05, 0.1) is 0 Å². The molecular formula is C15H18N2. The van der Waals surface area contributed by atoms with E-state index >= 15 is 0 Å². The molecule has 0 aliphatic heterocycles. The van der Waals surface area contributed by atoms with Gasteiger partial charge in [-0.1, -0.05) is 38.1 Å². The Morgan fingerprint density at radius 3 is 2.65 bits per heavy atom. The Morgan fingerprint density at radius 1 is 1.35 bits per heavy atom. The summed E-state index contributed by atoms with van der Waals surface area (Å²) < 4.78 is 2.09. The van der Waals surface area contributed by atoms with Crippen molar-refractivity contribution in [3.05, 3.63) is 42.2 Å². The number of hydrogen-bond donors (Lipinski definition) is 0. The lowest BCUT2D eigenvalue weighted by atomic mass is 9.91. The number of aromatic nitrogens is 2. The van der Waals surface area contributed by atoms with Crippen molar-refractivity contribution in [3.63, 3.8) is 0 Å². The predicted molar refractivity (Wildman–Crippen MR) is 69.8 cm³/mol. The van der Waals surface area contributed by atoms with Gasteiger partial charge in [-0.3, -0.25) is 0 Å². The summed E-state index contributed by atoms with van der Waals surface area (Å²) in [5, 5.41) is 0. The lowest BCUT2D eigenvalue weighted by Gasteiger charge is -2.16. The topological polar surface area (TPSA) is 17.8 Å². The van der Waals surface area contributed by atoms with Crippen molar-refractivity contribution in [2.45, 2.75) is 25.7 Å². The summed E-state index contributed by atoms with van der Waals surface area (Å²) in [4.78, 5) is 4.48. The quantitative estimate of drug-likeness (QED) is 0.767. The molecule has 0 saturated heterocycles. The van der Waals surface area contributed by atoms with E-state index in [0.29, 0.717) is 5.41 Å². The molecule has 0 radical (unpaired) electrons. The second kappa shape index (κ2) is 3.46. The summed E-state index contributed by atoms with van der Waals surface area (Å²) in [6.07, 6.45) is 5.16. The van der Waals surface area contributed by atoms with E-state index in [4.69, 9.17) is 0 Å². The number of aryl methyl sites for hydroxylation is 1. The van der Waals surface area contributed by atoms with Crippen molar-refractivity contribution in [2.24, 2.45) is 13.0 Å². The highest BCUT2D eigenvalue weighted by Crippen LogP contribution is 2.55. The SMILES string of the molecule is C[C@@H]1CC1(C)c1ccccc1-c1nccn1C. The fraction of sp³-hybridized carbons (Fsp3) is 0.400.